The second-order valence-electron chi connectivity index (χ2n) is 7.50. The summed E-state index contributed by atoms with van der Waals surface area (Å²) in [7, 11) is 0. The zero-order valence-corrected chi connectivity index (χ0v) is 13.3. The average Bonchev–Trinajstić information content (AvgIpc) is 2.53. The van der Waals surface area contributed by atoms with Crippen LogP contribution in [0.4, 0.5) is 0 Å². The van der Waals surface area contributed by atoms with Crippen molar-refractivity contribution in [2.45, 2.75) is 76.7 Å². The normalized spacial score (nSPS) is 33.0. The third-order valence-electron chi connectivity index (χ3n) is 6.09. The molecule has 1 saturated heterocycles. The summed E-state index contributed by atoms with van der Waals surface area (Å²) in [6.07, 6.45) is 16.3. The van der Waals surface area contributed by atoms with E-state index in [1.54, 1.807) is 0 Å². The molecule has 0 aromatic carbocycles. The fourth-order valence-electron chi connectivity index (χ4n) is 4.93. The van der Waals surface area contributed by atoms with Crippen LogP contribution < -0.4 is 5.32 Å². The second kappa shape index (κ2) is 7.79. The molecule has 0 aromatic heterocycles. The van der Waals surface area contributed by atoms with Crippen LogP contribution in [0.3, 0.4) is 0 Å². The third-order valence-corrected chi connectivity index (χ3v) is 6.09. The Hall–Kier alpha value is -0.0800. The van der Waals surface area contributed by atoms with E-state index < -0.39 is 0 Å². The van der Waals surface area contributed by atoms with Gasteiger partial charge in [0.25, 0.3) is 0 Å². The molecule has 3 rings (SSSR count). The Morgan fingerprint density at radius 3 is 2.45 bits per heavy atom. The highest BCUT2D eigenvalue weighted by molar-refractivity contribution is 4.87. The van der Waals surface area contributed by atoms with Crippen molar-refractivity contribution in [1.29, 1.82) is 0 Å². The summed E-state index contributed by atoms with van der Waals surface area (Å²) in [4.78, 5) is 2.82. The van der Waals surface area contributed by atoms with Crippen LogP contribution in [-0.4, -0.2) is 37.1 Å². The first-order valence-corrected chi connectivity index (χ1v) is 9.38. The van der Waals surface area contributed by atoms with Gasteiger partial charge in [-0.05, 0) is 63.5 Å². The Balaban J connectivity index is 1.34. The van der Waals surface area contributed by atoms with Crippen molar-refractivity contribution >= 4 is 0 Å². The number of fused-ring (bicyclic) bond motifs is 1. The molecule has 2 aliphatic carbocycles. The van der Waals surface area contributed by atoms with Gasteiger partial charge in [-0.25, -0.2) is 0 Å². The molecule has 2 nitrogen and oxygen atoms in total. The molecule has 2 heteroatoms. The molecule has 0 amide bonds. The van der Waals surface area contributed by atoms with Gasteiger partial charge in [0.15, 0.2) is 0 Å². The third kappa shape index (κ3) is 3.98. The Morgan fingerprint density at radius 2 is 1.55 bits per heavy atom. The topological polar surface area (TPSA) is 15.3 Å². The van der Waals surface area contributed by atoms with Crippen LogP contribution in [-0.2, 0) is 0 Å². The fourth-order valence-corrected chi connectivity index (χ4v) is 4.93. The maximum absolute atomic E-state index is 3.76. The quantitative estimate of drug-likeness (QED) is 0.769. The predicted molar refractivity (Wildman–Crippen MR) is 86.0 cm³/mol. The van der Waals surface area contributed by atoms with E-state index >= 15 is 0 Å². The van der Waals surface area contributed by atoms with Crippen molar-refractivity contribution in [3.63, 3.8) is 0 Å². The Kier molecular flexibility index (Phi) is 5.78. The lowest BCUT2D eigenvalue weighted by molar-refractivity contribution is 0.0616. The van der Waals surface area contributed by atoms with E-state index in [-0.39, 0.29) is 0 Å². The van der Waals surface area contributed by atoms with E-state index in [0.29, 0.717) is 0 Å². The molecule has 0 bridgehead atoms. The maximum Gasteiger partial charge on any atom is 0.0124 e. The van der Waals surface area contributed by atoms with E-state index in [1.165, 1.54) is 96.8 Å². The standard InChI is InChI=1S/C18H34N2/c1-2-7-16(8-3-1)15-19-12-14-20-13-6-10-17-9-4-5-11-18(17)20/h16-19H,1-15H2/t17-,18-/m1/s1. The van der Waals surface area contributed by atoms with E-state index in [2.05, 4.69) is 10.2 Å². The van der Waals surface area contributed by atoms with Gasteiger partial charge < -0.3 is 5.32 Å². The number of likely N-dealkylation sites (tertiary alicyclic amines) is 1. The summed E-state index contributed by atoms with van der Waals surface area (Å²) >= 11 is 0. The summed E-state index contributed by atoms with van der Waals surface area (Å²) in [5.74, 6) is 2.02. The van der Waals surface area contributed by atoms with Gasteiger partial charge in [-0.3, -0.25) is 4.90 Å². The lowest BCUT2D eigenvalue weighted by Crippen LogP contribution is -2.49. The molecule has 0 unspecified atom stereocenters. The largest absolute Gasteiger partial charge is 0.315 e. The van der Waals surface area contributed by atoms with Gasteiger partial charge >= 0.3 is 0 Å². The van der Waals surface area contributed by atoms with Crippen LogP contribution in [0.1, 0.15) is 70.6 Å². The summed E-state index contributed by atoms with van der Waals surface area (Å²) in [5.41, 5.74) is 0. The van der Waals surface area contributed by atoms with Gasteiger partial charge in [0.2, 0.25) is 0 Å². The number of nitrogens with one attached hydrogen (secondary N) is 1. The molecule has 1 aliphatic heterocycles. The highest BCUT2D eigenvalue weighted by Gasteiger charge is 2.32. The van der Waals surface area contributed by atoms with E-state index in [1.807, 2.05) is 0 Å². The number of nitrogens with zero attached hydrogens (tertiary/aromatic N) is 1. The van der Waals surface area contributed by atoms with Crippen molar-refractivity contribution in [3.8, 4) is 0 Å². The highest BCUT2D eigenvalue weighted by Crippen LogP contribution is 2.34. The Morgan fingerprint density at radius 1 is 0.800 bits per heavy atom. The van der Waals surface area contributed by atoms with Gasteiger partial charge in [-0.15, -0.1) is 0 Å². The van der Waals surface area contributed by atoms with Crippen LogP contribution in [0.25, 0.3) is 0 Å². The first-order chi connectivity index (χ1) is 9.93. The minimum absolute atomic E-state index is 0.939. The van der Waals surface area contributed by atoms with E-state index in [4.69, 9.17) is 0 Å². The van der Waals surface area contributed by atoms with Gasteiger partial charge in [-0.1, -0.05) is 32.1 Å². The highest BCUT2D eigenvalue weighted by atomic mass is 15.2. The van der Waals surface area contributed by atoms with Crippen molar-refractivity contribution in [2.75, 3.05) is 26.2 Å². The lowest BCUT2D eigenvalue weighted by atomic mass is 9.78. The fraction of sp³-hybridized carbons (Fsp3) is 1.00. The van der Waals surface area contributed by atoms with Crippen LogP contribution in [0.15, 0.2) is 0 Å². The minimum Gasteiger partial charge on any atom is -0.315 e. The first-order valence-electron chi connectivity index (χ1n) is 9.38. The van der Waals surface area contributed by atoms with Gasteiger partial charge in [0, 0.05) is 19.1 Å². The molecule has 1 N–H and O–H groups in total. The monoisotopic (exact) mass is 278 g/mol. The molecule has 2 saturated carbocycles. The van der Waals surface area contributed by atoms with Crippen molar-refractivity contribution in [3.05, 3.63) is 0 Å². The number of piperidine rings is 1. The molecule has 0 radical (unpaired) electrons. The first kappa shape index (κ1) is 14.8. The Bertz CT molecular complexity index is 271. The molecule has 2 atom stereocenters. The molecular formula is C18H34N2. The smallest absolute Gasteiger partial charge is 0.0124 e. The van der Waals surface area contributed by atoms with E-state index in [0.717, 1.165) is 17.9 Å². The predicted octanol–water partition coefficient (Wildman–Crippen LogP) is 3.81. The maximum atomic E-state index is 3.76. The van der Waals surface area contributed by atoms with Gasteiger partial charge in [0.1, 0.15) is 0 Å². The van der Waals surface area contributed by atoms with Crippen LogP contribution in [0.5, 0.6) is 0 Å². The minimum atomic E-state index is 0.939. The molecule has 0 spiro atoms. The van der Waals surface area contributed by atoms with Crippen LogP contribution in [0.2, 0.25) is 0 Å². The molecule has 116 valence electrons. The van der Waals surface area contributed by atoms with Crippen LogP contribution >= 0.6 is 0 Å². The summed E-state index contributed by atoms with van der Waals surface area (Å²) in [5, 5.41) is 3.76. The van der Waals surface area contributed by atoms with Crippen molar-refractivity contribution in [2.24, 2.45) is 11.8 Å². The SMILES string of the molecule is C1CCC(CNCCN2CCC[C@H]3CCCC[C@H]32)CC1. The van der Waals surface area contributed by atoms with E-state index in [9.17, 15) is 0 Å². The average molecular weight is 278 g/mol. The zero-order valence-electron chi connectivity index (χ0n) is 13.3. The molecule has 3 fully saturated rings. The van der Waals surface area contributed by atoms with Gasteiger partial charge in [-0.2, -0.15) is 0 Å². The molecule has 3 aliphatic rings. The summed E-state index contributed by atoms with van der Waals surface area (Å²) < 4.78 is 0. The van der Waals surface area contributed by atoms with Gasteiger partial charge in [0.05, 0.1) is 0 Å². The zero-order chi connectivity index (χ0) is 13.6. The summed E-state index contributed by atoms with van der Waals surface area (Å²) in [6.45, 7) is 5.17. The van der Waals surface area contributed by atoms with Crippen molar-refractivity contribution < 1.29 is 0 Å². The number of rotatable bonds is 5. The number of hydrogen-bond acceptors (Lipinski definition) is 2. The van der Waals surface area contributed by atoms with Crippen molar-refractivity contribution in [1.82, 2.24) is 10.2 Å². The summed E-state index contributed by atoms with van der Waals surface area (Å²) in [6, 6.07) is 0.939. The number of hydrogen-bond donors (Lipinski definition) is 1. The molecular weight excluding hydrogens is 244 g/mol. The lowest BCUT2D eigenvalue weighted by Gasteiger charge is -2.44. The molecule has 20 heavy (non-hydrogen) atoms. The molecule has 0 aromatic rings. The molecule has 1 heterocycles. The second-order valence-corrected chi connectivity index (χ2v) is 7.50. The van der Waals surface area contributed by atoms with Crippen LogP contribution in [0, 0.1) is 11.8 Å². The Labute approximate surface area is 125 Å².